The number of hydrogen-bond acceptors (Lipinski definition) is 6. The molecule has 0 atom stereocenters. The van der Waals surface area contributed by atoms with E-state index in [0.29, 0.717) is 21.9 Å². The van der Waals surface area contributed by atoms with Gasteiger partial charge in [0.25, 0.3) is 15.9 Å². The number of amides is 1. The Balaban J connectivity index is 1.31. The normalized spacial score (nSPS) is 14.1. The fourth-order valence-electron chi connectivity index (χ4n) is 3.45. The molecule has 32 heavy (non-hydrogen) atoms. The lowest BCUT2D eigenvalue weighted by atomic mass is 10.1. The van der Waals surface area contributed by atoms with Gasteiger partial charge in [-0.2, -0.15) is 8.42 Å². The van der Waals surface area contributed by atoms with Gasteiger partial charge in [0, 0.05) is 16.8 Å². The van der Waals surface area contributed by atoms with Gasteiger partial charge in [-0.1, -0.05) is 36.5 Å². The predicted octanol–water partition coefficient (Wildman–Crippen LogP) is 4.67. The molecule has 3 aromatic carbocycles. The van der Waals surface area contributed by atoms with Crippen molar-refractivity contribution < 1.29 is 13.2 Å². The van der Waals surface area contributed by atoms with Crippen molar-refractivity contribution in [3.8, 4) is 0 Å². The summed E-state index contributed by atoms with van der Waals surface area (Å²) in [5.41, 5.74) is 3.69. The number of thiazole rings is 1. The standard InChI is InChI=1S/C23H18N4O3S2/c1-2-14-7-12-18-19(13-14)31-23(25-18)26-22(28)15-8-10-16(11-9-15)24-21-17-5-3-4-6-20(17)32(29,30)27-21/h3-13H,2H2,1H3,(H,24,27)(H,25,26,28). The van der Waals surface area contributed by atoms with Crippen LogP contribution in [0.4, 0.5) is 10.8 Å². The number of anilines is 2. The van der Waals surface area contributed by atoms with E-state index >= 15 is 0 Å². The zero-order valence-corrected chi connectivity index (χ0v) is 18.6. The van der Waals surface area contributed by atoms with Crippen LogP contribution in [-0.2, 0) is 16.4 Å². The smallest absolute Gasteiger partial charge is 0.285 e. The van der Waals surface area contributed by atoms with E-state index in [0.717, 1.165) is 16.6 Å². The van der Waals surface area contributed by atoms with Gasteiger partial charge in [0.05, 0.1) is 10.2 Å². The van der Waals surface area contributed by atoms with E-state index in [9.17, 15) is 13.2 Å². The topological polar surface area (TPSA) is 101 Å². The molecule has 1 amide bonds. The summed E-state index contributed by atoms with van der Waals surface area (Å²) in [7, 11) is -3.69. The minimum Gasteiger partial charge on any atom is -0.339 e. The monoisotopic (exact) mass is 462 g/mol. The molecule has 1 aromatic heterocycles. The minimum atomic E-state index is -3.69. The van der Waals surface area contributed by atoms with Gasteiger partial charge < -0.3 is 5.32 Å². The van der Waals surface area contributed by atoms with Crippen molar-refractivity contribution in [1.29, 1.82) is 0 Å². The molecule has 4 aromatic rings. The molecule has 2 N–H and O–H groups in total. The Labute approximate surface area is 188 Å². The van der Waals surface area contributed by atoms with E-state index in [1.807, 2.05) is 12.1 Å². The van der Waals surface area contributed by atoms with Crippen LogP contribution in [0.2, 0.25) is 0 Å². The molecule has 9 heteroatoms. The molecule has 0 spiro atoms. The first-order chi connectivity index (χ1) is 15.4. The number of aryl methyl sites for hydroxylation is 1. The van der Waals surface area contributed by atoms with E-state index in [1.54, 1.807) is 42.5 Å². The first kappa shape index (κ1) is 20.3. The highest BCUT2D eigenvalue weighted by Crippen LogP contribution is 2.28. The molecule has 1 aliphatic rings. The first-order valence-electron chi connectivity index (χ1n) is 9.95. The number of amidine groups is 1. The molecule has 0 bridgehead atoms. The lowest BCUT2D eigenvalue weighted by Gasteiger charge is -2.07. The van der Waals surface area contributed by atoms with Gasteiger partial charge in [0.15, 0.2) is 11.0 Å². The van der Waals surface area contributed by atoms with E-state index in [-0.39, 0.29) is 16.6 Å². The van der Waals surface area contributed by atoms with E-state index in [2.05, 4.69) is 33.0 Å². The molecule has 0 fully saturated rings. The summed E-state index contributed by atoms with van der Waals surface area (Å²) < 4.78 is 29.2. The molecule has 0 unspecified atom stereocenters. The minimum absolute atomic E-state index is 0.181. The molecular formula is C23H18N4O3S2. The lowest BCUT2D eigenvalue weighted by Crippen LogP contribution is -2.13. The second-order valence-corrected chi connectivity index (χ2v) is 9.85. The zero-order chi connectivity index (χ0) is 22.3. The average molecular weight is 463 g/mol. The highest BCUT2D eigenvalue weighted by molar-refractivity contribution is 7.90. The Bertz CT molecular complexity index is 1490. The Hall–Kier alpha value is -3.56. The number of carbonyl (C=O) groups is 1. The highest BCUT2D eigenvalue weighted by atomic mass is 32.2. The summed E-state index contributed by atoms with van der Waals surface area (Å²) in [4.78, 5) is 17.3. The fourth-order valence-corrected chi connectivity index (χ4v) is 5.55. The quantitative estimate of drug-likeness (QED) is 0.459. The third-order valence-corrected chi connectivity index (χ3v) is 7.39. The second kappa shape index (κ2) is 7.85. The summed E-state index contributed by atoms with van der Waals surface area (Å²) in [6, 6.07) is 19.5. The summed E-state index contributed by atoms with van der Waals surface area (Å²) in [6.07, 6.45) is 0.944. The molecule has 0 saturated carbocycles. The molecule has 5 rings (SSSR count). The van der Waals surface area contributed by atoms with Crippen LogP contribution in [0.15, 0.2) is 76.0 Å². The van der Waals surface area contributed by atoms with Crippen molar-refractivity contribution in [1.82, 2.24) is 4.98 Å². The average Bonchev–Trinajstić information content (AvgIpc) is 3.31. The van der Waals surface area contributed by atoms with Crippen molar-refractivity contribution in [3.63, 3.8) is 0 Å². The summed E-state index contributed by atoms with van der Waals surface area (Å²) in [6.45, 7) is 2.10. The van der Waals surface area contributed by atoms with Crippen molar-refractivity contribution >= 4 is 54.1 Å². The molecule has 160 valence electrons. The molecule has 7 nitrogen and oxygen atoms in total. The van der Waals surface area contributed by atoms with Gasteiger partial charge in [-0.05, 0) is 60.5 Å². The van der Waals surface area contributed by atoms with Gasteiger partial charge in [0.1, 0.15) is 4.90 Å². The van der Waals surface area contributed by atoms with Gasteiger partial charge in [-0.25, -0.2) is 4.98 Å². The number of benzene rings is 3. The highest BCUT2D eigenvalue weighted by Gasteiger charge is 2.28. The number of carbonyl (C=O) groups excluding carboxylic acids is 1. The van der Waals surface area contributed by atoms with Crippen molar-refractivity contribution in [2.45, 2.75) is 18.2 Å². The molecule has 0 radical (unpaired) electrons. The number of fused-ring (bicyclic) bond motifs is 2. The van der Waals surface area contributed by atoms with Crippen molar-refractivity contribution in [2.75, 3.05) is 10.6 Å². The van der Waals surface area contributed by atoms with Crippen LogP contribution in [0.5, 0.6) is 0 Å². The largest absolute Gasteiger partial charge is 0.339 e. The fraction of sp³-hybridized carbons (Fsp3) is 0.0870. The number of nitrogens with zero attached hydrogens (tertiary/aromatic N) is 2. The van der Waals surface area contributed by atoms with Crippen LogP contribution in [0, 0.1) is 0 Å². The summed E-state index contributed by atoms with van der Waals surface area (Å²) >= 11 is 1.44. The van der Waals surface area contributed by atoms with Crippen LogP contribution >= 0.6 is 11.3 Å². The third kappa shape index (κ3) is 3.76. The second-order valence-electron chi connectivity index (χ2n) is 7.24. The molecular weight excluding hydrogens is 444 g/mol. The number of hydrogen-bond donors (Lipinski definition) is 2. The molecule has 0 saturated heterocycles. The van der Waals surface area contributed by atoms with Gasteiger partial charge in [-0.3, -0.25) is 10.1 Å². The maximum absolute atomic E-state index is 12.7. The Morgan fingerprint density at radius 2 is 1.81 bits per heavy atom. The maximum atomic E-state index is 12.7. The number of rotatable bonds is 4. The third-order valence-electron chi connectivity index (χ3n) is 5.12. The predicted molar refractivity (Wildman–Crippen MR) is 127 cm³/mol. The van der Waals surface area contributed by atoms with Crippen LogP contribution in [0.25, 0.3) is 10.2 Å². The zero-order valence-electron chi connectivity index (χ0n) is 17.0. The van der Waals surface area contributed by atoms with Crippen LogP contribution in [0.1, 0.15) is 28.4 Å². The van der Waals surface area contributed by atoms with Gasteiger partial charge in [-0.15, -0.1) is 4.40 Å². The molecule has 0 aliphatic carbocycles. The van der Waals surface area contributed by atoms with E-state index in [4.69, 9.17) is 0 Å². The first-order valence-corrected chi connectivity index (χ1v) is 12.2. The summed E-state index contributed by atoms with van der Waals surface area (Å²) in [5.74, 6) is -0.00354. The molecule has 1 aliphatic heterocycles. The Kier molecular flexibility index (Phi) is 4.99. The van der Waals surface area contributed by atoms with Crippen molar-refractivity contribution in [2.24, 2.45) is 4.40 Å². The number of sulfonamides is 1. The van der Waals surface area contributed by atoms with Gasteiger partial charge >= 0.3 is 0 Å². The van der Waals surface area contributed by atoms with E-state index < -0.39 is 10.0 Å². The van der Waals surface area contributed by atoms with Crippen LogP contribution in [0.3, 0.4) is 0 Å². The van der Waals surface area contributed by atoms with Crippen molar-refractivity contribution in [3.05, 3.63) is 83.4 Å². The Morgan fingerprint density at radius 3 is 2.59 bits per heavy atom. The molecule has 2 heterocycles. The van der Waals surface area contributed by atoms with E-state index in [1.165, 1.54) is 23.0 Å². The number of aromatic nitrogens is 1. The van der Waals surface area contributed by atoms with Crippen LogP contribution in [-0.4, -0.2) is 25.1 Å². The number of nitrogens with one attached hydrogen (secondary N) is 2. The SMILES string of the molecule is CCc1ccc2nc(NC(=O)c3ccc(NC4=NS(=O)(=O)c5ccccc54)cc3)sc2c1. The Morgan fingerprint density at radius 1 is 1.03 bits per heavy atom. The van der Waals surface area contributed by atoms with Gasteiger partial charge in [0.2, 0.25) is 0 Å². The lowest BCUT2D eigenvalue weighted by molar-refractivity contribution is 0.102. The summed E-state index contributed by atoms with van der Waals surface area (Å²) in [5, 5.41) is 6.42. The maximum Gasteiger partial charge on any atom is 0.285 e. The van der Waals surface area contributed by atoms with Crippen LogP contribution < -0.4 is 10.6 Å².